The maximum atomic E-state index is 12.1. The number of aromatic nitrogens is 2. The lowest BCUT2D eigenvalue weighted by Gasteiger charge is -2.19. The molecule has 0 aliphatic carbocycles. The molecule has 13 heteroatoms. The average Bonchev–Trinajstić information content (AvgIpc) is 2.70. The van der Waals surface area contributed by atoms with Gasteiger partial charge in [0.2, 0.25) is 0 Å². The molecule has 1 fully saturated rings. The summed E-state index contributed by atoms with van der Waals surface area (Å²) < 4.78 is 10.2. The minimum absolute atomic E-state index is 0.00944. The van der Waals surface area contributed by atoms with E-state index in [0.29, 0.717) is 4.57 Å². The van der Waals surface area contributed by atoms with Crippen molar-refractivity contribution in [3.63, 3.8) is 0 Å². The van der Waals surface area contributed by atoms with E-state index in [1.807, 2.05) is 0 Å². The average molecular weight is 356 g/mol. The summed E-state index contributed by atoms with van der Waals surface area (Å²) in [5, 5.41) is 28.5. The van der Waals surface area contributed by atoms with Gasteiger partial charge in [0.25, 0.3) is 5.56 Å². The Balaban J connectivity index is 2.46. The first-order valence-electron chi connectivity index (χ1n) is 5.88. The third-order valence-electron chi connectivity index (χ3n) is 2.95. The van der Waals surface area contributed by atoms with Gasteiger partial charge in [-0.05, 0) is 0 Å². The van der Waals surface area contributed by atoms with E-state index in [1.54, 1.807) is 0 Å². The van der Waals surface area contributed by atoms with Crippen molar-refractivity contribution in [1.29, 1.82) is 0 Å². The normalized spacial score (nSPS) is 28.8. The molecular formula is C9H13N2O9PS. The van der Waals surface area contributed by atoms with Gasteiger partial charge < -0.3 is 34.5 Å². The van der Waals surface area contributed by atoms with Crippen LogP contribution in [0.1, 0.15) is 6.23 Å². The predicted octanol–water partition coefficient (Wildman–Crippen LogP) is -3.74. The molecule has 0 spiro atoms. The Morgan fingerprint density at radius 2 is 1.95 bits per heavy atom. The Bertz CT molecular complexity index is 712. The monoisotopic (exact) mass is 356 g/mol. The zero-order valence-electron chi connectivity index (χ0n) is 10.8. The number of hydrogen-bond acceptors (Lipinski definition) is 8. The lowest BCUT2D eigenvalue weighted by molar-refractivity contribution is -0.0569. The van der Waals surface area contributed by atoms with Crippen molar-refractivity contribution in [2.24, 2.45) is 0 Å². The topological polar surface area (TPSA) is 164 Å². The van der Waals surface area contributed by atoms with Crippen molar-refractivity contribution < 1.29 is 34.5 Å². The lowest BCUT2D eigenvalue weighted by atomic mass is 10.1. The summed E-state index contributed by atoms with van der Waals surface area (Å²) in [6, 6.07) is 0.834. The minimum atomic E-state index is -4.35. The fourth-order valence-corrected chi connectivity index (χ4v) is 2.52. The van der Waals surface area contributed by atoms with E-state index in [2.05, 4.69) is 16.4 Å². The first kappa shape index (κ1) is 17.2. The summed E-state index contributed by atoms with van der Waals surface area (Å²) in [4.78, 5) is 41.7. The summed E-state index contributed by atoms with van der Waals surface area (Å²) in [5.74, 6) is 0. The van der Waals surface area contributed by atoms with Crippen molar-refractivity contribution in [2.45, 2.75) is 24.5 Å². The second-order valence-electron chi connectivity index (χ2n) is 4.44. The van der Waals surface area contributed by atoms with Gasteiger partial charge in [-0.3, -0.25) is 9.36 Å². The van der Waals surface area contributed by atoms with Crippen LogP contribution in [0.2, 0.25) is 0 Å². The zero-order chi connectivity index (χ0) is 16.7. The second-order valence-corrected chi connectivity index (χ2v) is 7.01. The molecule has 0 bridgehead atoms. The smallest absolute Gasteiger partial charge is 0.394 e. The highest BCUT2D eigenvalue weighted by Gasteiger charge is 2.44. The third-order valence-corrected chi connectivity index (χ3v) is 3.53. The summed E-state index contributed by atoms with van der Waals surface area (Å²) in [5.41, 5.74) is -2.23. The molecule has 2 heterocycles. The molecule has 1 aliphatic rings. The molecule has 0 unspecified atom stereocenters. The number of aliphatic hydroxyl groups is 3. The van der Waals surface area contributed by atoms with Gasteiger partial charge in [0.15, 0.2) is 6.23 Å². The molecule has 0 radical (unpaired) electrons. The standard InChI is InChI=1S/C9H13N2O9PS/c12-3-4-6(14)7(15)8(19-4)10-2-1-5(13)11(9(10)16)20-21(17,18)22/h1-2,4,6-8,12,14-15H,3H2,(H2,17,18,22)/t4-,6-,7-,8-/m1/s1. The summed E-state index contributed by atoms with van der Waals surface area (Å²) >= 11 is 4.18. The largest absolute Gasteiger partial charge is 0.395 e. The highest BCUT2D eigenvalue weighted by molar-refractivity contribution is 8.06. The van der Waals surface area contributed by atoms with Crippen molar-refractivity contribution >= 4 is 18.5 Å². The molecule has 0 saturated carbocycles. The van der Waals surface area contributed by atoms with E-state index >= 15 is 0 Å². The van der Waals surface area contributed by atoms with E-state index in [9.17, 15) is 19.8 Å². The van der Waals surface area contributed by atoms with Gasteiger partial charge in [-0.2, -0.15) is 0 Å². The SMILES string of the molecule is O=c1ccn([C@@H]2O[C@H](CO)[C@@H](O)[C@H]2O)c(=O)n1OP(O)(O)=S. The Kier molecular flexibility index (Phi) is 4.84. The van der Waals surface area contributed by atoms with Crippen LogP contribution in [0.3, 0.4) is 0 Å². The van der Waals surface area contributed by atoms with Crippen LogP contribution in [0, 0.1) is 0 Å². The van der Waals surface area contributed by atoms with Crippen molar-refractivity contribution in [3.8, 4) is 0 Å². The Morgan fingerprint density at radius 3 is 2.45 bits per heavy atom. The van der Waals surface area contributed by atoms with Crippen LogP contribution in [0.15, 0.2) is 21.9 Å². The molecule has 1 aliphatic heterocycles. The van der Waals surface area contributed by atoms with Gasteiger partial charge in [-0.1, -0.05) is 4.73 Å². The highest BCUT2D eigenvalue weighted by atomic mass is 32.5. The van der Waals surface area contributed by atoms with Crippen LogP contribution in [-0.4, -0.2) is 59.3 Å². The lowest BCUT2D eigenvalue weighted by Crippen LogP contribution is -2.45. The predicted molar refractivity (Wildman–Crippen MR) is 73.3 cm³/mol. The Morgan fingerprint density at radius 1 is 1.32 bits per heavy atom. The van der Waals surface area contributed by atoms with Crippen LogP contribution < -0.4 is 15.9 Å². The van der Waals surface area contributed by atoms with Crippen LogP contribution in [0.5, 0.6) is 0 Å². The zero-order valence-corrected chi connectivity index (χ0v) is 12.5. The first-order valence-corrected chi connectivity index (χ1v) is 8.50. The van der Waals surface area contributed by atoms with E-state index in [0.717, 1.165) is 12.3 Å². The van der Waals surface area contributed by atoms with Crippen LogP contribution in [0.4, 0.5) is 0 Å². The second kappa shape index (κ2) is 6.18. The molecule has 4 atom stereocenters. The van der Waals surface area contributed by atoms with E-state index < -0.39 is 49.1 Å². The Hall–Kier alpha value is -1.11. The summed E-state index contributed by atoms with van der Waals surface area (Å²) in [6.07, 6.45) is -4.60. The molecular weight excluding hydrogens is 343 g/mol. The summed E-state index contributed by atoms with van der Waals surface area (Å²) in [6.45, 7) is -4.95. The maximum Gasteiger partial charge on any atom is 0.395 e. The number of ether oxygens (including phenoxy) is 1. The van der Waals surface area contributed by atoms with Gasteiger partial charge in [0, 0.05) is 24.1 Å². The summed E-state index contributed by atoms with van der Waals surface area (Å²) in [7, 11) is 0. The van der Waals surface area contributed by atoms with E-state index in [1.165, 1.54) is 0 Å². The molecule has 1 aromatic heterocycles. The van der Waals surface area contributed by atoms with Gasteiger partial charge >= 0.3 is 12.4 Å². The van der Waals surface area contributed by atoms with Crippen LogP contribution in [0.25, 0.3) is 0 Å². The third kappa shape index (κ3) is 3.29. The molecule has 124 valence electrons. The number of nitrogens with zero attached hydrogens (tertiary/aromatic N) is 2. The van der Waals surface area contributed by atoms with Crippen LogP contribution >= 0.6 is 6.72 Å². The van der Waals surface area contributed by atoms with E-state index in [-0.39, 0.29) is 4.73 Å². The number of aliphatic hydroxyl groups excluding tert-OH is 3. The highest BCUT2D eigenvalue weighted by Crippen LogP contribution is 2.31. The molecule has 1 aromatic rings. The molecule has 1 saturated heterocycles. The Labute approximate surface area is 127 Å². The van der Waals surface area contributed by atoms with Gasteiger partial charge in [-0.15, -0.1) is 0 Å². The van der Waals surface area contributed by atoms with Crippen molar-refractivity contribution in [2.75, 3.05) is 6.61 Å². The van der Waals surface area contributed by atoms with Crippen LogP contribution in [-0.2, 0) is 16.5 Å². The number of rotatable bonds is 4. The molecule has 22 heavy (non-hydrogen) atoms. The maximum absolute atomic E-state index is 12.1. The van der Waals surface area contributed by atoms with Gasteiger partial charge in [0.1, 0.15) is 18.3 Å². The molecule has 11 nitrogen and oxygen atoms in total. The van der Waals surface area contributed by atoms with Crippen molar-refractivity contribution in [3.05, 3.63) is 33.1 Å². The molecule has 0 amide bonds. The quantitative estimate of drug-likeness (QED) is 0.339. The molecule has 5 N–H and O–H groups in total. The van der Waals surface area contributed by atoms with Gasteiger partial charge in [0.05, 0.1) is 6.61 Å². The fourth-order valence-electron chi connectivity index (χ4n) is 1.96. The van der Waals surface area contributed by atoms with Gasteiger partial charge in [-0.25, -0.2) is 4.79 Å². The minimum Gasteiger partial charge on any atom is -0.394 e. The molecule has 2 rings (SSSR count). The first-order chi connectivity index (χ1) is 10.2. The fraction of sp³-hybridized carbons (Fsp3) is 0.556. The molecule has 0 aromatic carbocycles. The van der Waals surface area contributed by atoms with Crippen molar-refractivity contribution in [1.82, 2.24) is 9.30 Å². The van der Waals surface area contributed by atoms with E-state index in [4.69, 9.17) is 19.6 Å². The number of hydrogen-bond donors (Lipinski definition) is 5.